The lowest BCUT2D eigenvalue weighted by molar-refractivity contribution is -0.120. The van der Waals surface area contributed by atoms with Gasteiger partial charge in [-0.1, -0.05) is 12.1 Å². The predicted octanol–water partition coefficient (Wildman–Crippen LogP) is 2.30. The van der Waals surface area contributed by atoms with Crippen molar-refractivity contribution in [1.82, 2.24) is 10.7 Å². The molecule has 31 heavy (non-hydrogen) atoms. The number of hydrazone groups is 1. The van der Waals surface area contributed by atoms with Crippen molar-refractivity contribution in [2.45, 2.75) is 0 Å². The van der Waals surface area contributed by atoms with Gasteiger partial charge in [0.1, 0.15) is 12.4 Å². The molecule has 0 radical (unpaired) electrons. The number of ether oxygens (including phenoxy) is 2. The Balaban J connectivity index is 1.53. The Hall–Kier alpha value is -3.50. The van der Waals surface area contributed by atoms with Gasteiger partial charge in [0.2, 0.25) is 0 Å². The molecule has 3 N–H and O–H groups in total. The molecule has 162 valence electrons. The molecule has 0 aliphatic carbocycles. The fourth-order valence-corrected chi connectivity index (χ4v) is 3.63. The summed E-state index contributed by atoms with van der Waals surface area (Å²) >= 11 is 1.25. The molecule has 3 aromatic rings. The van der Waals surface area contributed by atoms with E-state index in [9.17, 15) is 14.0 Å². The maximum atomic E-state index is 13.7. The standard InChI is InChI=1S/C21H20FN3O5S/c1-29-18-9-13(5-6-17(18)30-8-7-26)21(28)23-11-19(27)25-24-10-14-12-31-20-15(14)3-2-4-16(20)22/h2-6,9-10,12,26H,7-8,11H2,1H3,(H,23,28)(H,25,27). The number of fused-ring (bicyclic) bond motifs is 1. The Bertz CT molecular complexity index is 1120. The number of hydrogen-bond donors (Lipinski definition) is 3. The number of halogens is 1. The molecule has 10 heteroatoms. The Kier molecular flexibility index (Phi) is 7.52. The van der Waals surface area contributed by atoms with Crippen LogP contribution in [0.5, 0.6) is 11.5 Å². The number of nitrogens with zero attached hydrogens (tertiary/aromatic N) is 1. The number of nitrogens with one attached hydrogen (secondary N) is 2. The second-order valence-corrected chi connectivity index (χ2v) is 7.10. The van der Waals surface area contributed by atoms with E-state index in [0.717, 1.165) is 0 Å². The minimum absolute atomic E-state index is 0.0959. The molecule has 0 fully saturated rings. The quantitative estimate of drug-likeness (QED) is 0.346. The number of aliphatic hydroxyl groups is 1. The molecule has 8 nitrogen and oxygen atoms in total. The largest absolute Gasteiger partial charge is 0.493 e. The first-order valence-electron chi connectivity index (χ1n) is 9.21. The summed E-state index contributed by atoms with van der Waals surface area (Å²) in [4.78, 5) is 24.2. The average molecular weight is 445 g/mol. The highest BCUT2D eigenvalue weighted by atomic mass is 32.1. The van der Waals surface area contributed by atoms with Crippen molar-refractivity contribution in [3.05, 3.63) is 58.7 Å². The Morgan fingerprint density at radius 3 is 2.87 bits per heavy atom. The van der Waals surface area contributed by atoms with Crippen molar-refractivity contribution in [2.24, 2.45) is 5.10 Å². The second-order valence-electron chi connectivity index (χ2n) is 6.22. The number of carbonyl (C=O) groups is 2. The topological polar surface area (TPSA) is 109 Å². The van der Waals surface area contributed by atoms with Gasteiger partial charge in [0.25, 0.3) is 11.8 Å². The molecule has 3 rings (SSSR count). The highest BCUT2D eigenvalue weighted by Gasteiger charge is 2.12. The number of rotatable bonds is 9. The maximum absolute atomic E-state index is 13.7. The van der Waals surface area contributed by atoms with Crippen LogP contribution in [0.2, 0.25) is 0 Å². The molecule has 1 aromatic heterocycles. The van der Waals surface area contributed by atoms with Gasteiger partial charge in [-0.15, -0.1) is 11.3 Å². The normalized spacial score (nSPS) is 10.9. The monoisotopic (exact) mass is 445 g/mol. The first-order valence-corrected chi connectivity index (χ1v) is 10.1. The van der Waals surface area contributed by atoms with E-state index in [2.05, 4.69) is 15.8 Å². The van der Waals surface area contributed by atoms with E-state index in [-0.39, 0.29) is 31.1 Å². The minimum Gasteiger partial charge on any atom is -0.493 e. The lowest BCUT2D eigenvalue weighted by Crippen LogP contribution is -2.34. The van der Waals surface area contributed by atoms with Crippen LogP contribution in [-0.2, 0) is 4.79 Å². The summed E-state index contributed by atoms with van der Waals surface area (Å²) in [6.07, 6.45) is 1.42. The van der Waals surface area contributed by atoms with Crippen LogP contribution in [0.4, 0.5) is 4.39 Å². The number of carbonyl (C=O) groups excluding carboxylic acids is 2. The molecule has 0 saturated carbocycles. The summed E-state index contributed by atoms with van der Waals surface area (Å²) < 4.78 is 24.7. The molecular formula is C21H20FN3O5S. The van der Waals surface area contributed by atoms with E-state index in [1.54, 1.807) is 23.6 Å². The first kappa shape index (κ1) is 22.2. The molecule has 2 aromatic carbocycles. The van der Waals surface area contributed by atoms with Gasteiger partial charge in [-0.2, -0.15) is 5.10 Å². The van der Waals surface area contributed by atoms with Crippen LogP contribution in [0, 0.1) is 5.82 Å². The highest BCUT2D eigenvalue weighted by molar-refractivity contribution is 7.17. The van der Waals surface area contributed by atoms with Crippen molar-refractivity contribution in [2.75, 3.05) is 26.9 Å². The molecule has 0 atom stereocenters. The third kappa shape index (κ3) is 5.56. The maximum Gasteiger partial charge on any atom is 0.259 e. The van der Waals surface area contributed by atoms with Gasteiger partial charge in [-0.25, -0.2) is 9.82 Å². The number of thiophene rings is 1. The minimum atomic E-state index is -0.523. The van der Waals surface area contributed by atoms with Crippen LogP contribution in [0.1, 0.15) is 15.9 Å². The van der Waals surface area contributed by atoms with Gasteiger partial charge < -0.3 is 19.9 Å². The lowest BCUT2D eigenvalue weighted by Gasteiger charge is -2.11. The number of aliphatic hydroxyl groups excluding tert-OH is 1. The zero-order valence-electron chi connectivity index (χ0n) is 16.6. The van der Waals surface area contributed by atoms with E-state index in [4.69, 9.17) is 14.6 Å². The van der Waals surface area contributed by atoms with Gasteiger partial charge in [0.15, 0.2) is 11.5 Å². The summed E-state index contributed by atoms with van der Waals surface area (Å²) in [5.74, 6) is -0.593. The number of amides is 2. The summed E-state index contributed by atoms with van der Waals surface area (Å²) in [5, 5.41) is 17.6. The van der Waals surface area contributed by atoms with E-state index < -0.39 is 11.8 Å². The molecular weight excluding hydrogens is 425 g/mol. The van der Waals surface area contributed by atoms with Gasteiger partial charge >= 0.3 is 0 Å². The van der Waals surface area contributed by atoms with E-state index in [1.807, 2.05) is 0 Å². The van der Waals surface area contributed by atoms with E-state index in [0.29, 0.717) is 27.1 Å². The first-order chi connectivity index (χ1) is 15.0. The Morgan fingerprint density at radius 2 is 2.10 bits per heavy atom. The van der Waals surface area contributed by atoms with Crippen molar-refractivity contribution >= 4 is 39.5 Å². The summed E-state index contributed by atoms with van der Waals surface area (Å²) in [6, 6.07) is 9.29. The molecule has 2 amide bonds. The third-order valence-corrected chi connectivity index (χ3v) is 5.18. The molecule has 0 bridgehead atoms. The van der Waals surface area contributed by atoms with Crippen molar-refractivity contribution < 1.29 is 28.6 Å². The van der Waals surface area contributed by atoms with E-state index in [1.165, 1.54) is 42.9 Å². The predicted molar refractivity (Wildman–Crippen MR) is 115 cm³/mol. The van der Waals surface area contributed by atoms with Crippen molar-refractivity contribution in [1.29, 1.82) is 0 Å². The van der Waals surface area contributed by atoms with Crippen molar-refractivity contribution in [3.8, 4) is 11.5 Å². The number of methoxy groups -OCH3 is 1. The molecule has 0 spiro atoms. The smallest absolute Gasteiger partial charge is 0.259 e. The summed E-state index contributed by atoms with van der Waals surface area (Å²) in [7, 11) is 1.43. The number of hydrogen-bond acceptors (Lipinski definition) is 7. The van der Waals surface area contributed by atoms with E-state index >= 15 is 0 Å². The van der Waals surface area contributed by atoms with Crippen LogP contribution in [0.3, 0.4) is 0 Å². The molecule has 0 aliphatic heterocycles. The third-order valence-electron chi connectivity index (χ3n) is 4.16. The molecule has 1 heterocycles. The van der Waals surface area contributed by atoms with Gasteiger partial charge in [0, 0.05) is 21.9 Å². The Morgan fingerprint density at radius 1 is 1.26 bits per heavy atom. The lowest BCUT2D eigenvalue weighted by atomic mass is 10.2. The zero-order valence-corrected chi connectivity index (χ0v) is 17.4. The SMILES string of the molecule is COc1cc(C(=O)NCC(=O)NN=Cc2csc3c(F)cccc23)ccc1OCCO. The molecule has 0 unspecified atom stereocenters. The van der Waals surface area contributed by atoms with Crippen LogP contribution in [-0.4, -0.2) is 50.0 Å². The average Bonchev–Trinajstić information content (AvgIpc) is 3.20. The summed E-state index contributed by atoms with van der Waals surface area (Å²) in [5.41, 5.74) is 3.27. The second kappa shape index (κ2) is 10.5. The fourth-order valence-electron chi connectivity index (χ4n) is 2.70. The van der Waals surface area contributed by atoms with Crippen LogP contribution < -0.4 is 20.2 Å². The van der Waals surface area contributed by atoms with Gasteiger partial charge in [0.05, 0.1) is 31.2 Å². The number of benzene rings is 2. The van der Waals surface area contributed by atoms with Gasteiger partial charge in [-0.05, 0) is 24.3 Å². The fraction of sp³-hybridized carbons (Fsp3) is 0.190. The summed E-state index contributed by atoms with van der Waals surface area (Å²) in [6.45, 7) is -0.346. The van der Waals surface area contributed by atoms with Gasteiger partial charge in [-0.3, -0.25) is 9.59 Å². The van der Waals surface area contributed by atoms with Crippen molar-refractivity contribution in [3.63, 3.8) is 0 Å². The van der Waals surface area contributed by atoms with Crippen LogP contribution in [0.15, 0.2) is 46.9 Å². The van der Waals surface area contributed by atoms with Crippen LogP contribution >= 0.6 is 11.3 Å². The Labute approximate surface area is 181 Å². The zero-order chi connectivity index (χ0) is 22.2. The molecule has 0 aliphatic rings. The van der Waals surface area contributed by atoms with Crippen LogP contribution in [0.25, 0.3) is 10.1 Å². The highest BCUT2D eigenvalue weighted by Crippen LogP contribution is 2.28. The molecule has 0 saturated heterocycles.